The summed E-state index contributed by atoms with van der Waals surface area (Å²) < 4.78 is 0.586. The van der Waals surface area contributed by atoms with Gasteiger partial charge in [-0.25, -0.2) is 0 Å². The molecular formula is C39H73NO6. The summed E-state index contributed by atoms with van der Waals surface area (Å²) in [5, 5.41) is 30.3. The number of allylic oxidation sites excluding steroid dienone is 2. The SMILES string of the molecule is CCCCCCCC/C=C/CCCCCCCCCCCCCC[N+](CCC(C)C(=O)[O-])(CCC(C)C(=O)O)CCC(C)C(=O)O. The smallest absolute Gasteiger partial charge is 0.306 e. The van der Waals surface area contributed by atoms with E-state index in [9.17, 15) is 29.7 Å². The number of aliphatic carboxylic acids is 3. The Morgan fingerprint density at radius 1 is 0.522 bits per heavy atom. The molecule has 0 bridgehead atoms. The van der Waals surface area contributed by atoms with Crippen LogP contribution in [0.2, 0.25) is 0 Å². The molecule has 0 amide bonds. The van der Waals surface area contributed by atoms with Crippen LogP contribution in [0.25, 0.3) is 0 Å². The summed E-state index contributed by atoms with van der Waals surface area (Å²) >= 11 is 0. The molecule has 0 aromatic rings. The number of carbonyl (C=O) groups excluding carboxylic acids is 1. The van der Waals surface area contributed by atoms with Gasteiger partial charge in [0.15, 0.2) is 0 Å². The molecule has 0 aromatic heterocycles. The second kappa shape index (κ2) is 29.3. The summed E-state index contributed by atoms with van der Waals surface area (Å²) in [6.45, 7) is 10.0. The Hall–Kier alpha value is -1.89. The maximum Gasteiger partial charge on any atom is 0.306 e. The van der Waals surface area contributed by atoms with E-state index in [4.69, 9.17) is 0 Å². The summed E-state index contributed by atoms with van der Waals surface area (Å²) in [6.07, 6.45) is 32.0. The van der Waals surface area contributed by atoms with E-state index in [1.165, 1.54) is 116 Å². The molecular weight excluding hydrogens is 578 g/mol. The highest BCUT2D eigenvalue weighted by Crippen LogP contribution is 2.22. The third-order valence-corrected chi connectivity index (χ3v) is 10.00. The van der Waals surface area contributed by atoms with E-state index in [0.29, 0.717) is 43.4 Å². The molecule has 46 heavy (non-hydrogen) atoms. The van der Waals surface area contributed by atoms with Crippen LogP contribution in [-0.2, 0) is 14.4 Å². The normalized spacial score (nSPS) is 15.0. The standard InChI is InChI=1S/C39H73NO6/c1-5-6-7-8-9-10-11-12-13-14-15-16-17-18-19-20-21-22-23-24-25-26-30-40(31-27-34(2)37(41)42,32-28-35(3)38(43)44)33-29-36(4)39(45)46/h12-13,34-36H,5-11,14-33H2,1-4H3,(H2-,41,42,43,44,45,46)/b13-12+. The fourth-order valence-corrected chi connectivity index (χ4v) is 6.19. The van der Waals surface area contributed by atoms with Crippen molar-refractivity contribution in [2.45, 2.75) is 175 Å². The lowest BCUT2D eigenvalue weighted by molar-refractivity contribution is -0.929. The highest BCUT2D eigenvalue weighted by Gasteiger charge is 2.30. The number of carboxylic acids is 3. The van der Waals surface area contributed by atoms with E-state index in [1.54, 1.807) is 20.8 Å². The Balaban J connectivity index is 4.29. The van der Waals surface area contributed by atoms with Gasteiger partial charge in [0.25, 0.3) is 0 Å². The van der Waals surface area contributed by atoms with E-state index >= 15 is 0 Å². The van der Waals surface area contributed by atoms with Crippen LogP contribution in [0.1, 0.15) is 175 Å². The van der Waals surface area contributed by atoms with Crippen molar-refractivity contribution in [3.05, 3.63) is 12.2 Å². The molecule has 3 atom stereocenters. The number of carbonyl (C=O) groups is 3. The molecule has 270 valence electrons. The topological polar surface area (TPSA) is 115 Å². The van der Waals surface area contributed by atoms with Crippen LogP contribution in [0.5, 0.6) is 0 Å². The van der Waals surface area contributed by atoms with Crippen molar-refractivity contribution < 1.29 is 34.2 Å². The Bertz CT molecular complexity index is 738. The molecule has 0 saturated heterocycles. The zero-order chi connectivity index (χ0) is 34.5. The second-order valence-electron chi connectivity index (χ2n) is 14.4. The van der Waals surface area contributed by atoms with Crippen molar-refractivity contribution >= 4 is 17.9 Å². The molecule has 0 saturated carbocycles. The summed E-state index contributed by atoms with van der Waals surface area (Å²) in [7, 11) is 0. The van der Waals surface area contributed by atoms with E-state index in [0.717, 1.165) is 19.4 Å². The van der Waals surface area contributed by atoms with Crippen LogP contribution in [-0.4, -0.2) is 58.8 Å². The fraction of sp³-hybridized carbons (Fsp3) is 0.872. The van der Waals surface area contributed by atoms with Gasteiger partial charge in [-0.05, 0) is 38.5 Å². The second-order valence-corrected chi connectivity index (χ2v) is 14.4. The third kappa shape index (κ3) is 25.2. The van der Waals surface area contributed by atoms with Gasteiger partial charge in [-0.1, -0.05) is 130 Å². The van der Waals surface area contributed by atoms with Gasteiger partial charge >= 0.3 is 11.9 Å². The highest BCUT2D eigenvalue weighted by molar-refractivity contribution is 5.69. The highest BCUT2D eigenvalue weighted by atomic mass is 16.4. The van der Waals surface area contributed by atoms with Gasteiger partial charge in [0.1, 0.15) is 0 Å². The maximum absolute atomic E-state index is 11.5. The van der Waals surface area contributed by atoms with Crippen LogP contribution in [0.15, 0.2) is 12.2 Å². The van der Waals surface area contributed by atoms with Gasteiger partial charge in [-0.2, -0.15) is 0 Å². The Morgan fingerprint density at radius 3 is 1.20 bits per heavy atom. The number of hydrogen-bond donors (Lipinski definition) is 2. The predicted octanol–water partition coefficient (Wildman–Crippen LogP) is 9.18. The molecule has 2 N–H and O–H groups in total. The van der Waals surface area contributed by atoms with Gasteiger partial charge in [0, 0.05) is 31.1 Å². The number of hydrogen-bond acceptors (Lipinski definition) is 4. The van der Waals surface area contributed by atoms with Crippen molar-refractivity contribution in [2.75, 3.05) is 26.2 Å². The molecule has 0 rings (SSSR count). The van der Waals surface area contributed by atoms with E-state index in [1.807, 2.05) is 0 Å². The summed E-state index contributed by atoms with van der Waals surface area (Å²) in [6, 6.07) is 0. The first-order valence-corrected chi connectivity index (χ1v) is 19.2. The van der Waals surface area contributed by atoms with Crippen LogP contribution >= 0.6 is 0 Å². The largest absolute Gasteiger partial charge is 0.550 e. The minimum absolute atomic E-state index is 0.446. The van der Waals surface area contributed by atoms with E-state index in [2.05, 4.69) is 19.1 Å². The Kier molecular flexibility index (Phi) is 28.1. The van der Waals surface area contributed by atoms with Crippen molar-refractivity contribution in [1.29, 1.82) is 0 Å². The number of carboxylic acid groups (broad SMARTS) is 3. The van der Waals surface area contributed by atoms with Crippen molar-refractivity contribution in [3.8, 4) is 0 Å². The molecule has 0 fully saturated rings. The molecule has 0 heterocycles. The lowest BCUT2D eigenvalue weighted by Crippen LogP contribution is -2.52. The first kappa shape index (κ1) is 44.1. The van der Waals surface area contributed by atoms with Gasteiger partial charge in [0.2, 0.25) is 0 Å². The Morgan fingerprint density at radius 2 is 0.848 bits per heavy atom. The third-order valence-electron chi connectivity index (χ3n) is 10.00. The quantitative estimate of drug-likeness (QED) is 0.0407. The van der Waals surface area contributed by atoms with E-state index < -0.39 is 35.7 Å². The Labute approximate surface area is 283 Å². The zero-order valence-electron chi connectivity index (χ0n) is 30.5. The van der Waals surface area contributed by atoms with E-state index in [-0.39, 0.29) is 0 Å². The molecule has 0 aliphatic carbocycles. The first-order chi connectivity index (χ1) is 22.0. The monoisotopic (exact) mass is 652 g/mol. The van der Waals surface area contributed by atoms with Crippen LogP contribution in [0.3, 0.4) is 0 Å². The molecule has 7 nitrogen and oxygen atoms in total. The van der Waals surface area contributed by atoms with Crippen LogP contribution in [0, 0.1) is 17.8 Å². The van der Waals surface area contributed by atoms with Crippen molar-refractivity contribution in [1.82, 2.24) is 0 Å². The lowest BCUT2D eigenvalue weighted by Gasteiger charge is -2.41. The zero-order valence-corrected chi connectivity index (χ0v) is 30.5. The van der Waals surface area contributed by atoms with Crippen LogP contribution < -0.4 is 5.11 Å². The number of quaternary nitrogens is 1. The predicted molar refractivity (Wildman–Crippen MR) is 189 cm³/mol. The summed E-state index contributed by atoms with van der Waals surface area (Å²) in [4.78, 5) is 34.4. The molecule has 7 heteroatoms. The molecule has 0 radical (unpaired) electrons. The average Bonchev–Trinajstić information content (AvgIpc) is 3.03. The van der Waals surface area contributed by atoms with Gasteiger partial charge in [0.05, 0.1) is 38.0 Å². The van der Waals surface area contributed by atoms with Crippen molar-refractivity contribution in [2.24, 2.45) is 17.8 Å². The number of unbranched alkanes of at least 4 members (excludes halogenated alkanes) is 18. The maximum atomic E-state index is 11.5. The summed E-state index contributed by atoms with van der Waals surface area (Å²) in [5.41, 5.74) is 0. The molecule has 0 aromatic carbocycles. The first-order valence-electron chi connectivity index (χ1n) is 19.2. The molecule has 0 spiro atoms. The van der Waals surface area contributed by atoms with Gasteiger partial charge in [-0.3, -0.25) is 9.59 Å². The van der Waals surface area contributed by atoms with Crippen LogP contribution in [0.4, 0.5) is 0 Å². The average molecular weight is 652 g/mol. The number of rotatable bonds is 34. The minimum Gasteiger partial charge on any atom is -0.550 e. The van der Waals surface area contributed by atoms with Gasteiger partial charge in [-0.15, -0.1) is 0 Å². The fourth-order valence-electron chi connectivity index (χ4n) is 6.19. The minimum atomic E-state index is -1.07. The summed E-state index contributed by atoms with van der Waals surface area (Å²) in [5.74, 6) is -4.31. The van der Waals surface area contributed by atoms with Gasteiger partial charge < -0.3 is 24.6 Å². The molecule has 3 unspecified atom stereocenters. The van der Waals surface area contributed by atoms with Crippen molar-refractivity contribution in [3.63, 3.8) is 0 Å². The molecule has 0 aliphatic rings. The number of nitrogens with zero attached hydrogens (tertiary/aromatic N) is 1. The molecule has 0 aliphatic heterocycles. The lowest BCUT2D eigenvalue weighted by atomic mass is 10.0.